The molecule has 1 amide bonds. The molecular weight excluding hydrogens is 234 g/mol. The molecule has 0 saturated carbocycles. The van der Waals surface area contributed by atoms with Gasteiger partial charge in [0.05, 0.1) is 4.92 Å². The van der Waals surface area contributed by atoms with Crippen molar-refractivity contribution in [3.8, 4) is 0 Å². The maximum absolute atomic E-state index is 10.7. The van der Waals surface area contributed by atoms with Crippen LogP contribution in [-0.2, 0) is 4.79 Å². The SMILES string of the molecule is Cc1[nH]c2ccc([N+](=O)[O-])cc2c1/C=C\C(N)=O. The molecule has 6 heteroatoms. The third-order valence-electron chi connectivity index (χ3n) is 2.64. The monoisotopic (exact) mass is 245 g/mol. The third kappa shape index (κ3) is 2.08. The minimum atomic E-state index is -0.561. The number of nitro groups is 1. The number of aromatic nitrogens is 1. The second-order valence-corrected chi connectivity index (χ2v) is 3.89. The number of amides is 1. The molecule has 6 nitrogen and oxygen atoms in total. The highest BCUT2D eigenvalue weighted by molar-refractivity contribution is 5.97. The van der Waals surface area contributed by atoms with E-state index in [1.807, 2.05) is 6.92 Å². The van der Waals surface area contributed by atoms with E-state index in [0.29, 0.717) is 5.39 Å². The van der Waals surface area contributed by atoms with Crippen molar-refractivity contribution in [1.82, 2.24) is 4.98 Å². The van der Waals surface area contributed by atoms with E-state index in [4.69, 9.17) is 5.73 Å². The molecule has 1 heterocycles. The Morgan fingerprint density at radius 3 is 2.83 bits per heavy atom. The molecule has 0 aliphatic carbocycles. The number of hydrogen-bond acceptors (Lipinski definition) is 3. The number of carbonyl (C=O) groups is 1. The summed E-state index contributed by atoms with van der Waals surface area (Å²) >= 11 is 0. The summed E-state index contributed by atoms with van der Waals surface area (Å²) in [5.41, 5.74) is 7.38. The summed E-state index contributed by atoms with van der Waals surface area (Å²) in [6.45, 7) is 1.83. The normalized spacial score (nSPS) is 11.2. The number of nitro benzene ring substituents is 1. The smallest absolute Gasteiger partial charge is 0.270 e. The van der Waals surface area contributed by atoms with E-state index in [-0.39, 0.29) is 5.69 Å². The average Bonchev–Trinajstić information content (AvgIpc) is 2.60. The average molecular weight is 245 g/mol. The molecular formula is C12H11N3O3. The number of H-pyrrole nitrogens is 1. The summed E-state index contributed by atoms with van der Waals surface area (Å²) in [5.74, 6) is -0.561. The van der Waals surface area contributed by atoms with E-state index in [0.717, 1.165) is 16.8 Å². The molecule has 0 aliphatic heterocycles. The summed E-state index contributed by atoms with van der Waals surface area (Å²) in [7, 11) is 0. The zero-order valence-corrected chi connectivity index (χ0v) is 9.64. The Labute approximate surface area is 102 Å². The molecule has 0 atom stereocenters. The highest BCUT2D eigenvalue weighted by atomic mass is 16.6. The minimum Gasteiger partial charge on any atom is -0.366 e. The van der Waals surface area contributed by atoms with Crippen molar-refractivity contribution in [1.29, 1.82) is 0 Å². The summed E-state index contributed by atoms with van der Waals surface area (Å²) in [6.07, 6.45) is 2.79. The summed E-state index contributed by atoms with van der Waals surface area (Å²) in [5, 5.41) is 11.4. The van der Waals surface area contributed by atoms with Gasteiger partial charge in [0, 0.05) is 40.4 Å². The molecule has 18 heavy (non-hydrogen) atoms. The minimum absolute atomic E-state index is 0.00947. The van der Waals surface area contributed by atoms with Gasteiger partial charge in [-0.2, -0.15) is 0 Å². The lowest BCUT2D eigenvalue weighted by Gasteiger charge is -1.94. The van der Waals surface area contributed by atoms with E-state index in [2.05, 4.69) is 4.98 Å². The van der Waals surface area contributed by atoms with E-state index in [9.17, 15) is 14.9 Å². The zero-order valence-electron chi connectivity index (χ0n) is 9.64. The fourth-order valence-electron chi connectivity index (χ4n) is 1.83. The van der Waals surface area contributed by atoms with Gasteiger partial charge in [0.1, 0.15) is 0 Å². The van der Waals surface area contributed by atoms with E-state index < -0.39 is 10.8 Å². The predicted molar refractivity (Wildman–Crippen MR) is 67.9 cm³/mol. The standard InChI is InChI=1S/C12H11N3O3/c1-7-9(3-5-12(13)16)10-6-8(15(17)18)2-4-11(10)14-7/h2-6,14H,1H3,(H2,13,16)/b5-3-. The molecule has 0 fully saturated rings. The highest BCUT2D eigenvalue weighted by Gasteiger charge is 2.11. The number of nitrogens with two attached hydrogens (primary N) is 1. The van der Waals surface area contributed by atoms with Gasteiger partial charge in [0.25, 0.3) is 5.69 Å². The topological polar surface area (TPSA) is 102 Å². The highest BCUT2D eigenvalue weighted by Crippen LogP contribution is 2.27. The molecule has 3 N–H and O–H groups in total. The van der Waals surface area contributed by atoms with Crippen LogP contribution in [0.2, 0.25) is 0 Å². The van der Waals surface area contributed by atoms with Crippen LogP contribution < -0.4 is 5.73 Å². The Morgan fingerprint density at radius 1 is 1.50 bits per heavy atom. The van der Waals surface area contributed by atoms with Crippen molar-refractivity contribution in [3.63, 3.8) is 0 Å². The number of carbonyl (C=O) groups excluding carboxylic acids is 1. The number of rotatable bonds is 3. The van der Waals surface area contributed by atoms with Gasteiger partial charge in [-0.25, -0.2) is 0 Å². The molecule has 1 aromatic heterocycles. The van der Waals surface area contributed by atoms with Gasteiger partial charge in [0.15, 0.2) is 0 Å². The van der Waals surface area contributed by atoms with Gasteiger partial charge < -0.3 is 10.7 Å². The number of nitrogens with one attached hydrogen (secondary N) is 1. The van der Waals surface area contributed by atoms with Crippen LogP contribution in [0.15, 0.2) is 24.3 Å². The van der Waals surface area contributed by atoms with Crippen LogP contribution >= 0.6 is 0 Å². The molecule has 0 radical (unpaired) electrons. The fraction of sp³-hybridized carbons (Fsp3) is 0.0833. The lowest BCUT2D eigenvalue weighted by molar-refractivity contribution is -0.384. The van der Waals surface area contributed by atoms with E-state index >= 15 is 0 Å². The molecule has 0 aliphatic rings. The van der Waals surface area contributed by atoms with Gasteiger partial charge in [-0.1, -0.05) is 0 Å². The molecule has 0 spiro atoms. The Morgan fingerprint density at radius 2 is 2.22 bits per heavy atom. The van der Waals surface area contributed by atoms with Crippen molar-refractivity contribution >= 4 is 28.6 Å². The van der Waals surface area contributed by atoms with Crippen LogP contribution in [0, 0.1) is 17.0 Å². The first-order chi connectivity index (χ1) is 8.49. The Hall–Kier alpha value is -2.63. The first-order valence-electron chi connectivity index (χ1n) is 5.23. The maximum Gasteiger partial charge on any atom is 0.270 e. The van der Waals surface area contributed by atoms with E-state index in [1.54, 1.807) is 12.1 Å². The van der Waals surface area contributed by atoms with Gasteiger partial charge in [-0.3, -0.25) is 14.9 Å². The summed E-state index contributed by atoms with van der Waals surface area (Å²) in [4.78, 5) is 24.1. The zero-order chi connectivity index (χ0) is 13.3. The number of aryl methyl sites for hydroxylation is 1. The lowest BCUT2D eigenvalue weighted by Crippen LogP contribution is -2.05. The number of fused-ring (bicyclic) bond motifs is 1. The van der Waals surface area contributed by atoms with Crippen molar-refractivity contribution in [2.24, 2.45) is 5.73 Å². The van der Waals surface area contributed by atoms with Crippen LogP contribution in [0.25, 0.3) is 17.0 Å². The molecule has 0 saturated heterocycles. The molecule has 1 aromatic carbocycles. The second kappa shape index (κ2) is 4.33. The Balaban J connectivity index is 2.63. The van der Waals surface area contributed by atoms with E-state index in [1.165, 1.54) is 18.2 Å². The number of aromatic amines is 1. The molecule has 2 aromatic rings. The Kier molecular flexibility index (Phi) is 2.85. The summed E-state index contributed by atoms with van der Waals surface area (Å²) in [6, 6.07) is 4.54. The fourth-order valence-corrected chi connectivity index (χ4v) is 1.83. The molecule has 0 bridgehead atoms. The Bertz CT molecular complexity index is 671. The quantitative estimate of drug-likeness (QED) is 0.490. The van der Waals surface area contributed by atoms with Crippen molar-refractivity contribution < 1.29 is 9.72 Å². The molecule has 0 unspecified atom stereocenters. The van der Waals surface area contributed by atoms with Gasteiger partial charge in [0.2, 0.25) is 5.91 Å². The largest absolute Gasteiger partial charge is 0.366 e. The second-order valence-electron chi connectivity index (χ2n) is 3.89. The van der Waals surface area contributed by atoms with Crippen molar-refractivity contribution in [3.05, 3.63) is 45.6 Å². The number of primary amides is 1. The molecule has 92 valence electrons. The van der Waals surface area contributed by atoms with Crippen LogP contribution in [0.5, 0.6) is 0 Å². The third-order valence-corrected chi connectivity index (χ3v) is 2.64. The van der Waals surface area contributed by atoms with Crippen LogP contribution in [-0.4, -0.2) is 15.8 Å². The predicted octanol–water partition coefficient (Wildman–Crippen LogP) is 1.88. The number of nitrogens with zero attached hydrogens (tertiary/aromatic N) is 1. The number of benzene rings is 1. The van der Waals surface area contributed by atoms with Crippen molar-refractivity contribution in [2.45, 2.75) is 6.92 Å². The first-order valence-corrected chi connectivity index (χ1v) is 5.23. The molecule has 2 rings (SSSR count). The van der Waals surface area contributed by atoms with Crippen LogP contribution in [0.3, 0.4) is 0 Å². The lowest BCUT2D eigenvalue weighted by atomic mass is 10.1. The van der Waals surface area contributed by atoms with Gasteiger partial charge >= 0.3 is 0 Å². The first kappa shape index (κ1) is 11.8. The maximum atomic E-state index is 10.7. The number of hydrogen-bond donors (Lipinski definition) is 2. The van der Waals surface area contributed by atoms with Gasteiger partial charge in [-0.05, 0) is 19.1 Å². The van der Waals surface area contributed by atoms with Crippen LogP contribution in [0.1, 0.15) is 11.3 Å². The van der Waals surface area contributed by atoms with Crippen molar-refractivity contribution in [2.75, 3.05) is 0 Å². The van der Waals surface area contributed by atoms with Gasteiger partial charge in [-0.15, -0.1) is 0 Å². The van der Waals surface area contributed by atoms with Crippen LogP contribution in [0.4, 0.5) is 5.69 Å². The number of non-ortho nitro benzene ring substituents is 1. The summed E-state index contributed by atoms with van der Waals surface area (Å²) < 4.78 is 0.